The third-order valence-corrected chi connectivity index (χ3v) is 6.04. The smallest absolute Gasteiger partial charge is 0.262 e. The van der Waals surface area contributed by atoms with Gasteiger partial charge in [0.2, 0.25) is 0 Å². The second kappa shape index (κ2) is 13.4. The number of methoxy groups -OCH3 is 2. The van der Waals surface area contributed by atoms with Crippen LogP contribution in [0.3, 0.4) is 0 Å². The van der Waals surface area contributed by atoms with Gasteiger partial charge in [0.1, 0.15) is 24.0 Å². The van der Waals surface area contributed by atoms with Crippen molar-refractivity contribution in [2.24, 2.45) is 0 Å². The van der Waals surface area contributed by atoms with Crippen molar-refractivity contribution in [1.29, 1.82) is 5.26 Å². The fraction of sp³-hybridized carbons (Fsp3) is 0.172. The number of amides is 1. The third kappa shape index (κ3) is 7.36. The molecule has 36 heavy (non-hydrogen) atoms. The van der Waals surface area contributed by atoms with E-state index in [1.54, 1.807) is 32.4 Å². The van der Waals surface area contributed by atoms with Crippen LogP contribution in [0.2, 0.25) is 0 Å². The van der Waals surface area contributed by atoms with E-state index in [-0.39, 0.29) is 12.1 Å². The van der Waals surface area contributed by atoms with Crippen LogP contribution in [-0.2, 0) is 24.4 Å². The molecular formula is C29H27IN2O4. The molecule has 0 unspecified atom stereocenters. The minimum atomic E-state index is -0.461. The molecule has 1 amide bonds. The predicted octanol–water partition coefficient (Wildman–Crippen LogP) is 5.84. The highest BCUT2D eigenvalue weighted by molar-refractivity contribution is 14.1. The number of nitrogens with one attached hydrogen (secondary N) is 1. The SMILES string of the molecule is C=CCc1cc(/C=C(/C#N)C(=O)NCc2ccc(OC)cc2)cc(OC)c1OCc1ccc(I)cc1. The number of carbonyl (C=O) groups is 1. The van der Waals surface area contributed by atoms with Gasteiger partial charge >= 0.3 is 0 Å². The lowest BCUT2D eigenvalue weighted by atomic mass is 10.0. The zero-order valence-electron chi connectivity index (χ0n) is 20.2. The van der Waals surface area contributed by atoms with Crippen molar-refractivity contribution in [3.05, 3.63) is 105 Å². The van der Waals surface area contributed by atoms with Gasteiger partial charge in [0.15, 0.2) is 11.5 Å². The number of nitriles is 1. The number of benzene rings is 3. The zero-order chi connectivity index (χ0) is 25.9. The van der Waals surface area contributed by atoms with E-state index in [2.05, 4.69) is 34.5 Å². The summed E-state index contributed by atoms with van der Waals surface area (Å²) in [6.07, 6.45) is 3.85. The number of halogens is 1. The Balaban J connectivity index is 1.80. The lowest BCUT2D eigenvalue weighted by Gasteiger charge is -2.16. The zero-order valence-corrected chi connectivity index (χ0v) is 22.4. The molecule has 0 heterocycles. The van der Waals surface area contributed by atoms with Crippen molar-refractivity contribution in [3.63, 3.8) is 0 Å². The summed E-state index contributed by atoms with van der Waals surface area (Å²) < 4.78 is 18.0. The van der Waals surface area contributed by atoms with E-state index in [0.29, 0.717) is 30.1 Å². The van der Waals surface area contributed by atoms with Crippen LogP contribution in [0.1, 0.15) is 22.3 Å². The first kappa shape index (κ1) is 26.8. The number of hydrogen-bond donors (Lipinski definition) is 1. The molecule has 0 aliphatic rings. The minimum Gasteiger partial charge on any atom is -0.497 e. The topological polar surface area (TPSA) is 80.6 Å². The standard InChI is InChI=1S/C29H27IN2O4/c1-4-5-23-14-22(16-27(35-3)28(23)36-19-21-6-10-25(30)11-7-21)15-24(17-31)29(33)32-18-20-8-12-26(34-2)13-9-20/h4,6-16H,1,5,18-19H2,2-3H3,(H,32,33)/b24-15-. The molecule has 0 saturated heterocycles. The third-order valence-electron chi connectivity index (χ3n) is 5.32. The molecular weight excluding hydrogens is 567 g/mol. The van der Waals surface area contributed by atoms with Crippen molar-refractivity contribution in [1.82, 2.24) is 5.32 Å². The fourth-order valence-corrected chi connectivity index (χ4v) is 3.82. The van der Waals surface area contributed by atoms with Crippen LogP contribution < -0.4 is 19.5 Å². The Labute approximate surface area is 225 Å². The van der Waals surface area contributed by atoms with Gasteiger partial charge in [-0.2, -0.15) is 5.26 Å². The molecule has 0 atom stereocenters. The largest absolute Gasteiger partial charge is 0.497 e. The minimum absolute atomic E-state index is 0.0114. The second-order valence-corrected chi connectivity index (χ2v) is 9.07. The molecule has 184 valence electrons. The van der Waals surface area contributed by atoms with E-state index in [9.17, 15) is 10.1 Å². The summed E-state index contributed by atoms with van der Waals surface area (Å²) in [7, 11) is 3.16. The Hall–Kier alpha value is -3.77. The Morgan fingerprint density at radius 3 is 2.36 bits per heavy atom. The molecule has 0 fully saturated rings. The molecule has 0 aromatic heterocycles. The Bertz CT molecular complexity index is 1280. The lowest BCUT2D eigenvalue weighted by molar-refractivity contribution is -0.117. The fourth-order valence-electron chi connectivity index (χ4n) is 3.46. The molecule has 0 bridgehead atoms. The Kier molecular flexibility index (Phi) is 9.95. The van der Waals surface area contributed by atoms with E-state index in [1.807, 2.05) is 60.7 Å². The highest BCUT2D eigenvalue weighted by Gasteiger charge is 2.15. The number of hydrogen-bond acceptors (Lipinski definition) is 5. The second-order valence-electron chi connectivity index (χ2n) is 7.82. The van der Waals surface area contributed by atoms with Crippen LogP contribution in [-0.4, -0.2) is 20.1 Å². The summed E-state index contributed by atoms with van der Waals surface area (Å²) in [5, 5.41) is 12.4. The van der Waals surface area contributed by atoms with Crippen LogP contribution in [0, 0.1) is 14.9 Å². The van der Waals surface area contributed by atoms with E-state index in [4.69, 9.17) is 14.2 Å². The average molecular weight is 594 g/mol. The first-order valence-electron chi connectivity index (χ1n) is 11.2. The van der Waals surface area contributed by atoms with Gasteiger partial charge in [0.05, 0.1) is 14.2 Å². The molecule has 3 aromatic rings. The monoisotopic (exact) mass is 594 g/mol. The summed E-state index contributed by atoms with van der Waals surface area (Å²) in [5.74, 6) is 1.40. The van der Waals surface area contributed by atoms with Crippen LogP contribution in [0.15, 0.2) is 78.9 Å². The molecule has 0 saturated carbocycles. The molecule has 1 N–H and O–H groups in total. The van der Waals surface area contributed by atoms with Gasteiger partial charge < -0.3 is 19.5 Å². The van der Waals surface area contributed by atoms with Gasteiger partial charge in [-0.25, -0.2) is 0 Å². The number of rotatable bonds is 11. The number of carbonyl (C=O) groups excluding carboxylic acids is 1. The van der Waals surface area contributed by atoms with Crippen molar-refractivity contribution in [2.45, 2.75) is 19.6 Å². The summed E-state index contributed by atoms with van der Waals surface area (Å²) in [4.78, 5) is 12.7. The van der Waals surface area contributed by atoms with Gasteiger partial charge in [-0.1, -0.05) is 30.3 Å². The van der Waals surface area contributed by atoms with Gasteiger partial charge in [0.25, 0.3) is 5.91 Å². The van der Waals surface area contributed by atoms with Crippen LogP contribution >= 0.6 is 22.6 Å². The van der Waals surface area contributed by atoms with Crippen LogP contribution in [0.5, 0.6) is 17.2 Å². The summed E-state index contributed by atoms with van der Waals surface area (Å²) in [6, 6.07) is 21.1. The summed E-state index contributed by atoms with van der Waals surface area (Å²) >= 11 is 2.26. The maximum absolute atomic E-state index is 12.7. The maximum atomic E-state index is 12.7. The van der Waals surface area contributed by atoms with Gasteiger partial charge in [0, 0.05) is 15.7 Å². The first-order valence-corrected chi connectivity index (χ1v) is 12.3. The molecule has 0 spiro atoms. The van der Waals surface area contributed by atoms with Crippen molar-refractivity contribution in [3.8, 4) is 23.3 Å². The quantitative estimate of drug-likeness (QED) is 0.131. The first-order chi connectivity index (χ1) is 17.5. The Morgan fingerprint density at radius 1 is 1.06 bits per heavy atom. The molecule has 3 aromatic carbocycles. The molecule has 7 heteroatoms. The highest BCUT2D eigenvalue weighted by Crippen LogP contribution is 2.35. The van der Waals surface area contributed by atoms with E-state index in [1.165, 1.54) is 0 Å². The van der Waals surface area contributed by atoms with Crippen LogP contribution in [0.4, 0.5) is 0 Å². The highest BCUT2D eigenvalue weighted by atomic mass is 127. The van der Waals surface area contributed by atoms with E-state index in [0.717, 1.165) is 26.0 Å². The van der Waals surface area contributed by atoms with Crippen molar-refractivity contribution in [2.75, 3.05) is 14.2 Å². The molecule has 0 aliphatic carbocycles. The van der Waals surface area contributed by atoms with Crippen molar-refractivity contribution < 1.29 is 19.0 Å². The number of allylic oxidation sites excluding steroid dienone is 1. The summed E-state index contributed by atoms with van der Waals surface area (Å²) in [5.41, 5.74) is 3.42. The Morgan fingerprint density at radius 2 is 1.75 bits per heavy atom. The normalized spacial score (nSPS) is 10.8. The molecule has 6 nitrogen and oxygen atoms in total. The number of nitrogens with zero attached hydrogens (tertiary/aromatic N) is 1. The van der Waals surface area contributed by atoms with E-state index < -0.39 is 5.91 Å². The lowest BCUT2D eigenvalue weighted by Crippen LogP contribution is -2.23. The van der Waals surface area contributed by atoms with Crippen LogP contribution in [0.25, 0.3) is 6.08 Å². The molecule has 3 rings (SSSR count). The molecule has 0 radical (unpaired) electrons. The molecule has 0 aliphatic heterocycles. The van der Waals surface area contributed by atoms with Crippen molar-refractivity contribution >= 4 is 34.6 Å². The van der Waals surface area contributed by atoms with E-state index >= 15 is 0 Å². The number of ether oxygens (including phenoxy) is 3. The predicted molar refractivity (Wildman–Crippen MR) is 149 cm³/mol. The van der Waals surface area contributed by atoms with Gasteiger partial charge in [-0.15, -0.1) is 6.58 Å². The van der Waals surface area contributed by atoms with Gasteiger partial charge in [-0.3, -0.25) is 4.79 Å². The summed E-state index contributed by atoms with van der Waals surface area (Å²) in [6.45, 7) is 4.51. The maximum Gasteiger partial charge on any atom is 0.262 e. The average Bonchev–Trinajstić information content (AvgIpc) is 2.90. The van der Waals surface area contributed by atoms with Gasteiger partial charge in [-0.05, 0) is 88.2 Å².